The van der Waals surface area contributed by atoms with Crippen LogP contribution in [0.15, 0.2) is 23.1 Å². The van der Waals surface area contributed by atoms with E-state index in [1.165, 1.54) is 18.7 Å². The topological polar surface area (TPSA) is 63.3 Å². The highest BCUT2D eigenvalue weighted by atomic mass is 16.4. The molecular formula is C6H5NO3. The fraction of sp³-hybridized carbons (Fsp3) is 0. The molecule has 52 valence electrons. The van der Waals surface area contributed by atoms with Gasteiger partial charge < -0.3 is 9.52 Å². The molecule has 1 aromatic rings. The summed E-state index contributed by atoms with van der Waals surface area (Å²) in [7, 11) is 0. The smallest absolute Gasteiger partial charge is 0.328 e. The SMILES string of the molecule is O=C(O)/C=C/c1cnco1. The molecule has 0 aromatic carbocycles. The van der Waals surface area contributed by atoms with Crippen molar-refractivity contribution in [1.29, 1.82) is 0 Å². The minimum Gasteiger partial charge on any atom is -0.478 e. The Kier molecular flexibility index (Phi) is 1.84. The Morgan fingerprint density at radius 1 is 1.80 bits per heavy atom. The van der Waals surface area contributed by atoms with Crippen LogP contribution in [0.3, 0.4) is 0 Å². The minimum absolute atomic E-state index is 0.433. The molecule has 0 atom stereocenters. The fourth-order valence-corrected chi connectivity index (χ4v) is 0.461. The van der Waals surface area contributed by atoms with Crippen LogP contribution in [0.1, 0.15) is 5.76 Å². The molecule has 0 fully saturated rings. The molecule has 1 aromatic heterocycles. The lowest BCUT2D eigenvalue weighted by atomic mass is 10.4. The minimum atomic E-state index is -1.00. The normalized spacial score (nSPS) is 10.4. The zero-order valence-electron chi connectivity index (χ0n) is 5.02. The van der Waals surface area contributed by atoms with E-state index in [-0.39, 0.29) is 0 Å². The van der Waals surface area contributed by atoms with Crippen molar-refractivity contribution in [2.75, 3.05) is 0 Å². The summed E-state index contributed by atoms with van der Waals surface area (Å²) in [6.45, 7) is 0. The summed E-state index contributed by atoms with van der Waals surface area (Å²) >= 11 is 0. The maximum absolute atomic E-state index is 9.95. The number of aromatic nitrogens is 1. The predicted molar refractivity (Wildman–Crippen MR) is 33.2 cm³/mol. The zero-order valence-corrected chi connectivity index (χ0v) is 5.02. The molecule has 0 saturated carbocycles. The molecule has 0 aliphatic rings. The average molecular weight is 139 g/mol. The summed E-state index contributed by atoms with van der Waals surface area (Å²) in [5.74, 6) is -0.571. The van der Waals surface area contributed by atoms with E-state index in [2.05, 4.69) is 4.98 Å². The Morgan fingerprint density at radius 2 is 2.60 bits per heavy atom. The third kappa shape index (κ3) is 1.74. The summed E-state index contributed by atoms with van der Waals surface area (Å²) < 4.78 is 4.72. The van der Waals surface area contributed by atoms with Crippen LogP contribution in [0.4, 0.5) is 0 Å². The van der Waals surface area contributed by atoms with Gasteiger partial charge in [0.2, 0.25) is 0 Å². The number of carboxylic acid groups (broad SMARTS) is 1. The summed E-state index contributed by atoms with van der Waals surface area (Å²) in [6, 6.07) is 0. The highest BCUT2D eigenvalue weighted by Crippen LogP contribution is 1.97. The van der Waals surface area contributed by atoms with E-state index >= 15 is 0 Å². The number of carboxylic acids is 1. The van der Waals surface area contributed by atoms with Gasteiger partial charge >= 0.3 is 5.97 Å². The molecule has 0 bridgehead atoms. The number of hydrogen-bond donors (Lipinski definition) is 1. The number of aliphatic carboxylic acids is 1. The zero-order chi connectivity index (χ0) is 7.40. The first kappa shape index (κ1) is 6.54. The van der Waals surface area contributed by atoms with E-state index < -0.39 is 5.97 Å². The molecule has 1 rings (SSSR count). The standard InChI is InChI=1S/C6H5NO3/c8-6(9)2-1-5-3-7-4-10-5/h1-4H,(H,8,9)/b2-1+. The maximum Gasteiger partial charge on any atom is 0.328 e. The molecule has 4 heteroatoms. The molecule has 0 unspecified atom stereocenters. The molecule has 0 radical (unpaired) electrons. The van der Waals surface area contributed by atoms with Crippen LogP contribution >= 0.6 is 0 Å². The van der Waals surface area contributed by atoms with Crippen LogP contribution in [0, 0.1) is 0 Å². The first-order chi connectivity index (χ1) is 4.79. The Hall–Kier alpha value is -1.58. The summed E-state index contributed by atoms with van der Waals surface area (Å²) in [5.41, 5.74) is 0. The van der Waals surface area contributed by atoms with Gasteiger partial charge in [-0.2, -0.15) is 0 Å². The Balaban J connectivity index is 2.64. The first-order valence-electron chi connectivity index (χ1n) is 2.58. The predicted octanol–water partition coefficient (Wildman–Crippen LogP) is 0.772. The van der Waals surface area contributed by atoms with Crippen LogP contribution in [0.25, 0.3) is 6.08 Å². The van der Waals surface area contributed by atoms with E-state index in [1.807, 2.05) is 0 Å². The third-order valence-electron chi connectivity index (χ3n) is 0.842. The highest BCUT2D eigenvalue weighted by Gasteiger charge is 1.89. The summed E-state index contributed by atoms with van der Waals surface area (Å²) in [4.78, 5) is 13.5. The van der Waals surface area contributed by atoms with Gasteiger partial charge in [-0.15, -0.1) is 0 Å². The molecule has 0 saturated heterocycles. The van der Waals surface area contributed by atoms with Crippen LogP contribution in [-0.4, -0.2) is 16.1 Å². The third-order valence-corrected chi connectivity index (χ3v) is 0.842. The number of nitrogens with zero attached hydrogens (tertiary/aromatic N) is 1. The van der Waals surface area contributed by atoms with Crippen LogP contribution in [-0.2, 0) is 4.79 Å². The Morgan fingerprint density at radius 3 is 3.10 bits per heavy atom. The largest absolute Gasteiger partial charge is 0.478 e. The second-order valence-corrected chi connectivity index (χ2v) is 1.58. The van der Waals surface area contributed by atoms with Crippen LogP contribution < -0.4 is 0 Å². The van der Waals surface area contributed by atoms with Crippen molar-refractivity contribution in [3.8, 4) is 0 Å². The van der Waals surface area contributed by atoms with Gasteiger partial charge in [-0.25, -0.2) is 9.78 Å². The monoisotopic (exact) mass is 139 g/mol. The quantitative estimate of drug-likeness (QED) is 0.614. The summed E-state index contributed by atoms with van der Waals surface area (Å²) in [6.07, 6.45) is 4.98. The van der Waals surface area contributed by atoms with Crippen molar-refractivity contribution >= 4 is 12.0 Å². The van der Waals surface area contributed by atoms with Gasteiger partial charge in [0.1, 0.15) is 5.76 Å². The molecule has 0 spiro atoms. The molecular weight excluding hydrogens is 134 g/mol. The second kappa shape index (κ2) is 2.82. The molecule has 1 heterocycles. The molecule has 10 heavy (non-hydrogen) atoms. The van der Waals surface area contributed by atoms with Gasteiger partial charge in [0.15, 0.2) is 6.39 Å². The molecule has 0 aliphatic heterocycles. The van der Waals surface area contributed by atoms with E-state index in [4.69, 9.17) is 9.52 Å². The summed E-state index contributed by atoms with van der Waals surface area (Å²) in [5, 5.41) is 8.16. The second-order valence-electron chi connectivity index (χ2n) is 1.58. The number of hydrogen-bond acceptors (Lipinski definition) is 3. The van der Waals surface area contributed by atoms with Gasteiger partial charge in [-0.05, 0) is 6.08 Å². The van der Waals surface area contributed by atoms with Crippen molar-refractivity contribution in [2.45, 2.75) is 0 Å². The van der Waals surface area contributed by atoms with Gasteiger partial charge in [-0.3, -0.25) is 0 Å². The van der Waals surface area contributed by atoms with Crippen LogP contribution in [0.5, 0.6) is 0 Å². The van der Waals surface area contributed by atoms with E-state index in [0.29, 0.717) is 5.76 Å². The van der Waals surface area contributed by atoms with Crippen molar-refractivity contribution in [3.63, 3.8) is 0 Å². The van der Waals surface area contributed by atoms with Crippen molar-refractivity contribution < 1.29 is 14.3 Å². The number of carbonyl (C=O) groups is 1. The molecule has 4 nitrogen and oxygen atoms in total. The van der Waals surface area contributed by atoms with Crippen molar-refractivity contribution in [2.24, 2.45) is 0 Å². The lowest BCUT2D eigenvalue weighted by Crippen LogP contribution is -1.84. The fourth-order valence-electron chi connectivity index (χ4n) is 0.461. The number of rotatable bonds is 2. The highest BCUT2D eigenvalue weighted by molar-refractivity contribution is 5.84. The first-order valence-corrected chi connectivity index (χ1v) is 2.58. The van der Waals surface area contributed by atoms with Gasteiger partial charge in [0.25, 0.3) is 0 Å². The van der Waals surface area contributed by atoms with Gasteiger partial charge in [0.05, 0.1) is 6.20 Å². The van der Waals surface area contributed by atoms with E-state index in [9.17, 15) is 4.79 Å². The van der Waals surface area contributed by atoms with E-state index in [1.54, 1.807) is 0 Å². The van der Waals surface area contributed by atoms with E-state index in [0.717, 1.165) is 6.08 Å². The number of oxazole rings is 1. The van der Waals surface area contributed by atoms with Crippen LogP contribution in [0.2, 0.25) is 0 Å². The molecule has 1 N–H and O–H groups in total. The lowest BCUT2D eigenvalue weighted by molar-refractivity contribution is -0.131. The van der Waals surface area contributed by atoms with Crippen molar-refractivity contribution in [3.05, 3.63) is 24.4 Å². The maximum atomic E-state index is 9.95. The van der Waals surface area contributed by atoms with Gasteiger partial charge in [-0.1, -0.05) is 0 Å². The molecule has 0 aliphatic carbocycles. The molecule has 0 amide bonds. The average Bonchev–Trinajstić information content (AvgIpc) is 2.34. The van der Waals surface area contributed by atoms with Gasteiger partial charge in [0, 0.05) is 6.08 Å². The lowest BCUT2D eigenvalue weighted by Gasteiger charge is -1.77. The van der Waals surface area contributed by atoms with Crippen molar-refractivity contribution in [1.82, 2.24) is 4.98 Å². The Bertz CT molecular complexity index is 238. The Labute approximate surface area is 56.8 Å².